The minimum Gasteiger partial charge on any atom is -0.494 e. The molecule has 0 fully saturated rings. The van der Waals surface area contributed by atoms with Gasteiger partial charge in [0.1, 0.15) is 5.75 Å². The summed E-state index contributed by atoms with van der Waals surface area (Å²) in [6.07, 6.45) is 13.8. The molecular weight excluding hydrogens is 368 g/mol. The molecule has 0 atom stereocenters. The summed E-state index contributed by atoms with van der Waals surface area (Å²) in [5.41, 5.74) is 1.06. The van der Waals surface area contributed by atoms with E-state index in [1.54, 1.807) is 0 Å². The first-order valence-electron chi connectivity index (χ1n) is 11.0. The number of rotatable bonds is 16. The zero-order chi connectivity index (χ0) is 19.9. The van der Waals surface area contributed by atoms with Gasteiger partial charge in [0.2, 0.25) is 0 Å². The van der Waals surface area contributed by atoms with Crippen molar-refractivity contribution in [2.45, 2.75) is 84.5 Å². The fraction of sp³-hybridized carbons (Fsp3) is 0.652. The maximum atomic E-state index is 5.84. The molecule has 0 saturated carbocycles. The van der Waals surface area contributed by atoms with Gasteiger partial charge in [-0.25, -0.2) is 0 Å². The molecule has 1 aromatic carbocycles. The monoisotopic (exact) mass is 404 g/mol. The van der Waals surface area contributed by atoms with E-state index in [9.17, 15) is 0 Å². The summed E-state index contributed by atoms with van der Waals surface area (Å²) in [5, 5.41) is 9.97. The van der Waals surface area contributed by atoms with Gasteiger partial charge in [-0.1, -0.05) is 88.1 Å². The molecule has 2 rings (SSSR count). The normalized spacial score (nSPS) is 10.9. The van der Waals surface area contributed by atoms with Crippen molar-refractivity contribution < 1.29 is 9.47 Å². The van der Waals surface area contributed by atoms with Gasteiger partial charge in [-0.2, -0.15) is 0 Å². The summed E-state index contributed by atoms with van der Waals surface area (Å²) >= 11 is 1.51. The lowest BCUT2D eigenvalue weighted by atomic mass is 10.1. The molecule has 0 aliphatic heterocycles. The van der Waals surface area contributed by atoms with E-state index < -0.39 is 0 Å². The fourth-order valence-corrected chi connectivity index (χ4v) is 3.74. The smallest absolute Gasteiger partial charge is 0.294 e. The second kappa shape index (κ2) is 14.4. The first-order valence-corrected chi connectivity index (χ1v) is 11.8. The third kappa shape index (κ3) is 9.05. The fourth-order valence-electron chi connectivity index (χ4n) is 3.02. The van der Waals surface area contributed by atoms with Crippen LogP contribution in [0.3, 0.4) is 0 Å². The Morgan fingerprint density at radius 1 is 0.679 bits per heavy atom. The van der Waals surface area contributed by atoms with E-state index >= 15 is 0 Å². The predicted octanol–water partition coefficient (Wildman–Crippen LogP) is 7.29. The van der Waals surface area contributed by atoms with Crippen LogP contribution >= 0.6 is 11.3 Å². The highest BCUT2D eigenvalue weighted by Gasteiger charge is 2.08. The largest absolute Gasteiger partial charge is 0.494 e. The zero-order valence-electron chi connectivity index (χ0n) is 17.6. The highest BCUT2D eigenvalue weighted by atomic mass is 32.1. The third-order valence-corrected chi connectivity index (χ3v) is 5.63. The third-order valence-electron chi connectivity index (χ3n) is 4.75. The molecular formula is C23H36N2O2S. The molecule has 5 heteroatoms. The minimum absolute atomic E-state index is 0.661. The Hall–Kier alpha value is -1.62. The first-order chi connectivity index (χ1) is 13.8. The van der Waals surface area contributed by atoms with Crippen LogP contribution in [-0.4, -0.2) is 23.4 Å². The van der Waals surface area contributed by atoms with Crippen LogP contribution in [0.2, 0.25) is 0 Å². The molecule has 1 aromatic heterocycles. The maximum absolute atomic E-state index is 5.84. The minimum atomic E-state index is 0.661. The molecule has 0 aliphatic rings. The molecule has 156 valence electrons. The molecule has 0 aliphatic carbocycles. The van der Waals surface area contributed by atoms with Gasteiger partial charge in [0.15, 0.2) is 5.01 Å². The molecule has 2 aromatic rings. The van der Waals surface area contributed by atoms with E-state index in [2.05, 4.69) is 24.0 Å². The summed E-state index contributed by atoms with van der Waals surface area (Å²) in [4.78, 5) is 0. The van der Waals surface area contributed by atoms with E-state index in [0.717, 1.165) is 42.4 Å². The van der Waals surface area contributed by atoms with Crippen LogP contribution in [0.5, 0.6) is 10.9 Å². The van der Waals surface area contributed by atoms with Gasteiger partial charge in [-0.15, -0.1) is 5.10 Å². The molecule has 0 radical (unpaired) electrons. The lowest BCUT2D eigenvalue weighted by molar-refractivity contribution is 0.300. The highest BCUT2D eigenvalue weighted by Crippen LogP contribution is 2.29. The quantitative estimate of drug-likeness (QED) is 0.275. The van der Waals surface area contributed by atoms with E-state index in [-0.39, 0.29) is 0 Å². The number of unbranched alkanes of at least 4 members (excludes halogenated alkanes) is 9. The Bertz CT molecular complexity index is 628. The molecule has 0 bridgehead atoms. The van der Waals surface area contributed by atoms with Crippen molar-refractivity contribution in [2.24, 2.45) is 0 Å². The molecule has 28 heavy (non-hydrogen) atoms. The molecule has 0 unspecified atom stereocenters. The van der Waals surface area contributed by atoms with E-state index in [0.29, 0.717) is 5.19 Å². The van der Waals surface area contributed by atoms with Crippen LogP contribution in [0.1, 0.15) is 84.5 Å². The van der Waals surface area contributed by atoms with Crippen LogP contribution in [0, 0.1) is 0 Å². The second-order valence-corrected chi connectivity index (χ2v) is 8.22. The van der Waals surface area contributed by atoms with Crippen LogP contribution in [-0.2, 0) is 0 Å². The summed E-state index contributed by atoms with van der Waals surface area (Å²) in [6, 6.07) is 8.13. The van der Waals surface area contributed by atoms with E-state index in [1.807, 2.05) is 24.3 Å². The van der Waals surface area contributed by atoms with Crippen molar-refractivity contribution in [1.82, 2.24) is 10.2 Å². The summed E-state index contributed by atoms with van der Waals surface area (Å²) in [6.45, 7) is 6.00. The number of nitrogens with zero attached hydrogens (tertiary/aromatic N) is 2. The molecule has 0 amide bonds. The highest BCUT2D eigenvalue weighted by molar-refractivity contribution is 7.16. The van der Waals surface area contributed by atoms with Crippen molar-refractivity contribution in [1.29, 1.82) is 0 Å². The van der Waals surface area contributed by atoms with Crippen molar-refractivity contribution in [3.8, 4) is 21.5 Å². The predicted molar refractivity (Wildman–Crippen MR) is 118 cm³/mol. The van der Waals surface area contributed by atoms with Crippen LogP contribution < -0.4 is 9.47 Å². The standard InChI is InChI=1S/C23H36N2O2S/c1-3-5-7-9-11-12-18-26-21-16-14-20(15-17-21)22-24-25-23(28-22)27-19-13-10-8-6-4-2/h14-17H,3-13,18-19H2,1-2H3. The second-order valence-electron chi connectivity index (χ2n) is 7.28. The van der Waals surface area contributed by atoms with Gasteiger partial charge in [-0.3, -0.25) is 0 Å². The summed E-state index contributed by atoms with van der Waals surface area (Å²) in [5.74, 6) is 0.922. The van der Waals surface area contributed by atoms with Gasteiger partial charge in [0, 0.05) is 5.56 Å². The molecule has 0 N–H and O–H groups in total. The van der Waals surface area contributed by atoms with E-state index in [1.165, 1.54) is 69.1 Å². The topological polar surface area (TPSA) is 44.2 Å². The van der Waals surface area contributed by atoms with Crippen LogP contribution in [0.4, 0.5) is 0 Å². The zero-order valence-corrected chi connectivity index (χ0v) is 18.4. The lowest BCUT2D eigenvalue weighted by Gasteiger charge is -2.06. The Balaban J connectivity index is 1.66. The Morgan fingerprint density at radius 3 is 1.89 bits per heavy atom. The van der Waals surface area contributed by atoms with Crippen molar-refractivity contribution in [3.63, 3.8) is 0 Å². The van der Waals surface area contributed by atoms with Gasteiger partial charge in [-0.05, 0) is 37.1 Å². The Kier molecular flexibility index (Phi) is 11.6. The SMILES string of the molecule is CCCCCCCCOc1ccc(-c2nnc(OCCCCCCC)s2)cc1. The summed E-state index contributed by atoms with van der Waals surface area (Å²) in [7, 11) is 0. The Morgan fingerprint density at radius 2 is 1.25 bits per heavy atom. The average Bonchev–Trinajstić information content (AvgIpc) is 3.19. The van der Waals surface area contributed by atoms with Crippen LogP contribution in [0.25, 0.3) is 10.6 Å². The molecule has 1 heterocycles. The van der Waals surface area contributed by atoms with Gasteiger partial charge < -0.3 is 9.47 Å². The van der Waals surface area contributed by atoms with Crippen LogP contribution in [0.15, 0.2) is 24.3 Å². The van der Waals surface area contributed by atoms with Crippen molar-refractivity contribution in [3.05, 3.63) is 24.3 Å². The van der Waals surface area contributed by atoms with Gasteiger partial charge >= 0.3 is 0 Å². The number of aromatic nitrogens is 2. The maximum Gasteiger partial charge on any atom is 0.294 e. The lowest BCUT2D eigenvalue weighted by Crippen LogP contribution is -1.97. The van der Waals surface area contributed by atoms with E-state index in [4.69, 9.17) is 9.47 Å². The Labute approximate surface area is 174 Å². The van der Waals surface area contributed by atoms with Gasteiger partial charge in [0.25, 0.3) is 5.19 Å². The number of ether oxygens (including phenoxy) is 2. The summed E-state index contributed by atoms with van der Waals surface area (Å²) < 4.78 is 11.6. The van der Waals surface area contributed by atoms with Gasteiger partial charge in [0.05, 0.1) is 13.2 Å². The van der Waals surface area contributed by atoms with Crippen molar-refractivity contribution in [2.75, 3.05) is 13.2 Å². The average molecular weight is 405 g/mol. The molecule has 4 nitrogen and oxygen atoms in total. The first kappa shape index (κ1) is 22.7. The number of hydrogen-bond donors (Lipinski definition) is 0. The molecule has 0 saturated heterocycles. The van der Waals surface area contributed by atoms with Crippen molar-refractivity contribution >= 4 is 11.3 Å². The number of hydrogen-bond acceptors (Lipinski definition) is 5. The molecule has 0 spiro atoms. The number of benzene rings is 1.